The number of aryl methyl sites for hydroxylation is 1. The molecule has 17 heavy (non-hydrogen) atoms. The average molecular weight is 247 g/mol. The van der Waals surface area contributed by atoms with Crippen molar-refractivity contribution in [3.8, 4) is 0 Å². The minimum absolute atomic E-state index is 0.253. The molecule has 1 aliphatic rings. The molecule has 2 heterocycles. The van der Waals surface area contributed by atoms with Crippen molar-refractivity contribution in [2.45, 2.75) is 12.8 Å². The van der Waals surface area contributed by atoms with E-state index in [9.17, 15) is 4.79 Å². The summed E-state index contributed by atoms with van der Waals surface area (Å²) in [5, 5.41) is 4.51. The lowest BCUT2D eigenvalue weighted by Crippen LogP contribution is -2.11. The molecule has 3 rings (SSSR count). The third-order valence-electron chi connectivity index (χ3n) is 3.07. The summed E-state index contributed by atoms with van der Waals surface area (Å²) in [5.74, 6) is -0.253. The van der Waals surface area contributed by atoms with Crippen LogP contribution in [-0.2, 0) is 11.2 Å². The Kier molecular flexibility index (Phi) is 2.52. The second kappa shape index (κ2) is 4.04. The third-order valence-corrected chi connectivity index (χ3v) is 4.14. The van der Waals surface area contributed by atoms with E-state index in [1.54, 1.807) is 0 Å². The first kappa shape index (κ1) is 10.6. The van der Waals surface area contributed by atoms with Gasteiger partial charge in [-0.2, -0.15) is 0 Å². The number of benzene rings is 1. The van der Waals surface area contributed by atoms with Crippen LogP contribution >= 0.6 is 11.3 Å². The zero-order valence-corrected chi connectivity index (χ0v) is 10.4. The molecule has 0 aliphatic carbocycles. The molecule has 1 N–H and O–H groups in total. The lowest BCUT2D eigenvalue weighted by molar-refractivity contribution is 0.0606. The standard InChI is InChI=1S/C13H13NO2S/c1-16-13(15)12-7-9-5-10-8(3-2-4-14-10)6-11(9)17-12/h5-7,14H,2-4H2,1H3. The Morgan fingerprint density at radius 1 is 1.41 bits per heavy atom. The van der Waals surface area contributed by atoms with E-state index in [4.69, 9.17) is 4.74 Å². The fourth-order valence-corrected chi connectivity index (χ4v) is 3.23. The number of hydrogen-bond acceptors (Lipinski definition) is 4. The quantitative estimate of drug-likeness (QED) is 0.787. The molecule has 0 radical (unpaired) electrons. The van der Waals surface area contributed by atoms with Crippen molar-refractivity contribution < 1.29 is 9.53 Å². The Balaban J connectivity index is 2.12. The van der Waals surface area contributed by atoms with Crippen LogP contribution in [0, 0.1) is 0 Å². The van der Waals surface area contributed by atoms with Crippen molar-refractivity contribution >= 4 is 33.1 Å². The molecule has 88 valence electrons. The van der Waals surface area contributed by atoms with Gasteiger partial charge in [0, 0.05) is 16.9 Å². The van der Waals surface area contributed by atoms with Gasteiger partial charge >= 0.3 is 5.97 Å². The van der Waals surface area contributed by atoms with Crippen LogP contribution in [0.25, 0.3) is 10.1 Å². The van der Waals surface area contributed by atoms with E-state index < -0.39 is 0 Å². The molecule has 1 aromatic carbocycles. The second-order valence-electron chi connectivity index (χ2n) is 4.18. The highest BCUT2D eigenvalue weighted by Gasteiger charge is 2.14. The van der Waals surface area contributed by atoms with E-state index in [1.807, 2.05) is 6.07 Å². The Hall–Kier alpha value is -1.55. The molecule has 4 heteroatoms. The van der Waals surface area contributed by atoms with Crippen LogP contribution in [0.5, 0.6) is 0 Å². The summed E-state index contributed by atoms with van der Waals surface area (Å²) in [6.45, 7) is 1.03. The van der Waals surface area contributed by atoms with E-state index in [0.29, 0.717) is 4.88 Å². The normalized spacial score (nSPS) is 14.2. The average Bonchev–Trinajstić information content (AvgIpc) is 2.77. The monoisotopic (exact) mass is 247 g/mol. The molecule has 0 saturated heterocycles. The van der Waals surface area contributed by atoms with Gasteiger partial charge < -0.3 is 10.1 Å². The number of nitrogens with one attached hydrogen (secondary N) is 1. The van der Waals surface area contributed by atoms with E-state index in [1.165, 1.54) is 36.1 Å². The highest BCUT2D eigenvalue weighted by molar-refractivity contribution is 7.20. The maximum atomic E-state index is 11.5. The number of carbonyl (C=O) groups is 1. The minimum atomic E-state index is -0.253. The van der Waals surface area contributed by atoms with Crippen LogP contribution in [0.1, 0.15) is 21.7 Å². The summed E-state index contributed by atoms with van der Waals surface area (Å²) in [4.78, 5) is 12.1. The molecule has 0 saturated carbocycles. The first-order valence-electron chi connectivity index (χ1n) is 5.66. The number of thiophene rings is 1. The number of anilines is 1. The fraction of sp³-hybridized carbons (Fsp3) is 0.308. The van der Waals surface area contributed by atoms with Crippen molar-refractivity contribution in [2.75, 3.05) is 19.0 Å². The second-order valence-corrected chi connectivity index (χ2v) is 5.26. The number of ether oxygens (including phenoxy) is 1. The molecule has 1 aliphatic heterocycles. The number of fused-ring (bicyclic) bond motifs is 2. The van der Waals surface area contributed by atoms with Crippen LogP contribution in [-0.4, -0.2) is 19.6 Å². The summed E-state index contributed by atoms with van der Waals surface area (Å²) in [5.41, 5.74) is 2.56. The number of carbonyl (C=O) groups excluding carboxylic acids is 1. The predicted molar refractivity (Wildman–Crippen MR) is 70.0 cm³/mol. The van der Waals surface area contributed by atoms with Crippen LogP contribution in [0.15, 0.2) is 18.2 Å². The number of hydrogen-bond donors (Lipinski definition) is 1. The highest BCUT2D eigenvalue weighted by Crippen LogP contribution is 2.33. The summed E-state index contributed by atoms with van der Waals surface area (Å²) >= 11 is 1.50. The number of rotatable bonds is 1. The topological polar surface area (TPSA) is 38.3 Å². The minimum Gasteiger partial charge on any atom is -0.465 e. The molecule has 1 aromatic heterocycles. The molecule has 2 aromatic rings. The fourth-order valence-electron chi connectivity index (χ4n) is 2.20. The van der Waals surface area contributed by atoms with Crippen molar-refractivity contribution in [3.05, 3.63) is 28.6 Å². The number of esters is 1. The van der Waals surface area contributed by atoms with Gasteiger partial charge in [-0.25, -0.2) is 4.79 Å². The third kappa shape index (κ3) is 1.78. The molecule has 0 amide bonds. The Morgan fingerprint density at radius 3 is 3.12 bits per heavy atom. The lowest BCUT2D eigenvalue weighted by Gasteiger charge is -2.17. The van der Waals surface area contributed by atoms with Crippen molar-refractivity contribution in [1.82, 2.24) is 0 Å². The maximum absolute atomic E-state index is 11.5. The van der Waals surface area contributed by atoms with Crippen molar-refractivity contribution in [2.24, 2.45) is 0 Å². The Labute approximate surface area is 103 Å². The summed E-state index contributed by atoms with van der Waals surface area (Å²) in [7, 11) is 1.42. The first-order valence-corrected chi connectivity index (χ1v) is 6.48. The maximum Gasteiger partial charge on any atom is 0.348 e. The highest BCUT2D eigenvalue weighted by atomic mass is 32.1. The van der Waals surface area contributed by atoms with Crippen LogP contribution in [0.3, 0.4) is 0 Å². The van der Waals surface area contributed by atoms with Gasteiger partial charge in [0.1, 0.15) is 4.88 Å². The molecule has 0 fully saturated rings. The SMILES string of the molecule is COC(=O)c1cc2cc3c(cc2s1)CCCN3. The van der Waals surface area contributed by atoms with Gasteiger partial charge in [0.25, 0.3) is 0 Å². The van der Waals surface area contributed by atoms with Crippen molar-refractivity contribution in [3.63, 3.8) is 0 Å². The van der Waals surface area contributed by atoms with Crippen LogP contribution < -0.4 is 5.32 Å². The van der Waals surface area contributed by atoms with Crippen LogP contribution in [0.4, 0.5) is 5.69 Å². The van der Waals surface area contributed by atoms with Gasteiger partial charge in [0.2, 0.25) is 0 Å². The molecule has 0 atom stereocenters. The van der Waals surface area contributed by atoms with Gasteiger partial charge in [-0.1, -0.05) is 0 Å². The van der Waals surface area contributed by atoms with Gasteiger partial charge in [-0.15, -0.1) is 11.3 Å². The number of methoxy groups -OCH3 is 1. The molecule has 0 unspecified atom stereocenters. The van der Waals surface area contributed by atoms with E-state index >= 15 is 0 Å². The molecule has 0 bridgehead atoms. The van der Waals surface area contributed by atoms with Crippen LogP contribution in [0.2, 0.25) is 0 Å². The smallest absolute Gasteiger partial charge is 0.348 e. The van der Waals surface area contributed by atoms with Gasteiger partial charge in [-0.3, -0.25) is 0 Å². The van der Waals surface area contributed by atoms with Gasteiger partial charge in [0.15, 0.2) is 0 Å². The molecule has 0 spiro atoms. The predicted octanol–water partition coefficient (Wildman–Crippen LogP) is 3.05. The summed E-state index contributed by atoms with van der Waals surface area (Å²) in [6, 6.07) is 6.23. The zero-order valence-electron chi connectivity index (χ0n) is 9.58. The van der Waals surface area contributed by atoms with Gasteiger partial charge in [-0.05, 0) is 42.0 Å². The summed E-state index contributed by atoms with van der Waals surface area (Å²) < 4.78 is 5.91. The summed E-state index contributed by atoms with van der Waals surface area (Å²) in [6.07, 6.45) is 2.29. The van der Waals surface area contributed by atoms with Crippen molar-refractivity contribution in [1.29, 1.82) is 0 Å². The Morgan fingerprint density at radius 2 is 2.29 bits per heavy atom. The first-order chi connectivity index (χ1) is 8.28. The lowest BCUT2D eigenvalue weighted by atomic mass is 10.0. The molecule has 3 nitrogen and oxygen atoms in total. The van der Waals surface area contributed by atoms with E-state index in [-0.39, 0.29) is 5.97 Å². The Bertz CT molecular complexity index is 545. The zero-order chi connectivity index (χ0) is 11.8. The van der Waals surface area contributed by atoms with E-state index in [0.717, 1.165) is 23.1 Å². The van der Waals surface area contributed by atoms with E-state index in [2.05, 4.69) is 17.4 Å². The largest absolute Gasteiger partial charge is 0.465 e. The molecular formula is C13H13NO2S. The molecular weight excluding hydrogens is 234 g/mol. The van der Waals surface area contributed by atoms with Gasteiger partial charge in [0.05, 0.1) is 7.11 Å².